The molecule has 0 spiro atoms. The fourth-order valence-electron chi connectivity index (χ4n) is 2.44. The Morgan fingerprint density at radius 2 is 1.86 bits per heavy atom. The summed E-state index contributed by atoms with van der Waals surface area (Å²) >= 11 is 0. The third-order valence-corrected chi connectivity index (χ3v) is 3.51. The summed E-state index contributed by atoms with van der Waals surface area (Å²) in [7, 11) is 0. The van der Waals surface area contributed by atoms with Gasteiger partial charge in [0.05, 0.1) is 6.54 Å². The van der Waals surface area contributed by atoms with Crippen molar-refractivity contribution in [1.29, 1.82) is 0 Å². The summed E-state index contributed by atoms with van der Waals surface area (Å²) in [6.45, 7) is 2.89. The number of nitrogens with zero attached hydrogens (tertiary/aromatic N) is 1. The van der Waals surface area contributed by atoms with Gasteiger partial charge in [-0.15, -0.1) is 0 Å². The molecule has 0 aromatic carbocycles. The molecule has 0 N–H and O–H groups in total. The Morgan fingerprint density at radius 3 is 2.64 bits per heavy atom. The molecule has 0 saturated heterocycles. The molecule has 1 aliphatic carbocycles. The lowest BCUT2D eigenvalue weighted by Crippen LogP contribution is -2.04. The van der Waals surface area contributed by atoms with E-state index >= 15 is 0 Å². The molecule has 2 nitrogen and oxygen atoms in total. The SMILES string of the molecule is CC1CCCCCC(CCN=O)CC1. The molecule has 14 heavy (non-hydrogen) atoms. The molecule has 0 aromatic heterocycles. The molecular weight excluding hydrogens is 174 g/mol. The lowest BCUT2D eigenvalue weighted by molar-refractivity contribution is 0.377. The Morgan fingerprint density at radius 1 is 1.07 bits per heavy atom. The van der Waals surface area contributed by atoms with Gasteiger partial charge in [-0.3, -0.25) is 0 Å². The van der Waals surface area contributed by atoms with Crippen LogP contribution in [0.5, 0.6) is 0 Å². The van der Waals surface area contributed by atoms with E-state index in [1.54, 1.807) is 0 Å². The van der Waals surface area contributed by atoms with Crippen LogP contribution < -0.4 is 0 Å². The smallest absolute Gasteiger partial charge is 0.0813 e. The fourth-order valence-corrected chi connectivity index (χ4v) is 2.44. The molecule has 1 aliphatic rings. The highest BCUT2D eigenvalue weighted by molar-refractivity contribution is 4.66. The highest BCUT2D eigenvalue weighted by atomic mass is 16.3. The zero-order valence-corrected chi connectivity index (χ0v) is 9.37. The number of nitroso groups, excluding NO2 is 1. The minimum atomic E-state index is 0.527. The van der Waals surface area contributed by atoms with E-state index in [2.05, 4.69) is 12.1 Å². The summed E-state index contributed by atoms with van der Waals surface area (Å²) in [6.07, 6.45) is 10.6. The van der Waals surface area contributed by atoms with Gasteiger partial charge in [-0.05, 0) is 18.3 Å². The average molecular weight is 197 g/mol. The van der Waals surface area contributed by atoms with Gasteiger partial charge >= 0.3 is 0 Å². The molecule has 0 radical (unpaired) electrons. The Labute approximate surface area is 87.4 Å². The summed E-state index contributed by atoms with van der Waals surface area (Å²) < 4.78 is 0. The number of rotatable bonds is 3. The maximum Gasteiger partial charge on any atom is 0.0813 e. The van der Waals surface area contributed by atoms with Crippen LogP contribution in [-0.2, 0) is 0 Å². The summed E-state index contributed by atoms with van der Waals surface area (Å²) in [5, 5.41) is 2.98. The van der Waals surface area contributed by atoms with Crippen LogP contribution in [0.15, 0.2) is 5.18 Å². The first-order valence-corrected chi connectivity index (χ1v) is 6.12. The third-order valence-electron chi connectivity index (χ3n) is 3.51. The first kappa shape index (κ1) is 11.7. The predicted octanol–water partition coefficient (Wildman–Crippen LogP) is 4.14. The molecule has 2 unspecified atom stereocenters. The van der Waals surface area contributed by atoms with Crippen LogP contribution in [0.25, 0.3) is 0 Å². The Balaban J connectivity index is 2.28. The summed E-state index contributed by atoms with van der Waals surface area (Å²) in [4.78, 5) is 10.1. The molecular formula is C12H23NO. The largest absolute Gasteiger partial charge is 0.151 e. The summed E-state index contributed by atoms with van der Waals surface area (Å²) in [5.74, 6) is 1.66. The van der Waals surface area contributed by atoms with E-state index in [-0.39, 0.29) is 0 Å². The first-order chi connectivity index (χ1) is 6.83. The molecule has 0 aliphatic heterocycles. The van der Waals surface area contributed by atoms with Crippen LogP contribution in [-0.4, -0.2) is 6.54 Å². The van der Waals surface area contributed by atoms with Crippen LogP contribution in [0.2, 0.25) is 0 Å². The van der Waals surface area contributed by atoms with E-state index in [1.807, 2.05) is 0 Å². The van der Waals surface area contributed by atoms with Crippen molar-refractivity contribution in [3.05, 3.63) is 4.91 Å². The van der Waals surface area contributed by atoms with Crippen LogP contribution in [0.3, 0.4) is 0 Å². The quantitative estimate of drug-likeness (QED) is 0.625. The van der Waals surface area contributed by atoms with Gasteiger partial charge < -0.3 is 0 Å². The van der Waals surface area contributed by atoms with Crippen molar-refractivity contribution in [2.75, 3.05) is 6.54 Å². The van der Waals surface area contributed by atoms with E-state index < -0.39 is 0 Å². The molecule has 1 fully saturated rings. The van der Waals surface area contributed by atoms with E-state index in [4.69, 9.17) is 0 Å². The first-order valence-electron chi connectivity index (χ1n) is 6.12. The lowest BCUT2D eigenvalue weighted by atomic mass is 9.91. The van der Waals surface area contributed by atoms with Crippen molar-refractivity contribution in [2.24, 2.45) is 17.0 Å². The van der Waals surface area contributed by atoms with Gasteiger partial charge in [-0.1, -0.05) is 57.0 Å². The van der Waals surface area contributed by atoms with E-state index in [1.165, 1.54) is 44.9 Å². The Hall–Kier alpha value is -0.400. The van der Waals surface area contributed by atoms with E-state index in [9.17, 15) is 4.91 Å². The normalized spacial score (nSPS) is 30.1. The second-order valence-electron chi connectivity index (χ2n) is 4.83. The predicted molar refractivity (Wildman–Crippen MR) is 60.3 cm³/mol. The second kappa shape index (κ2) is 6.97. The number of hydrogen-bond donors (Lipinski definition) is 0. The van der Waals surface area contributed by atoms with Crippen molar-refractivity contribution in [3.8, 4) is 0 Å². The maximum atomic E-state index is 10.1. The minimum Gasteiger partial charge on any atom is -0.151 e. The standard InChI is InChI=1S/C12H23NO/c1-11-5-3-2-4-6-12(8-7-11)9-10-13-14/h11-12H,2-10H2,1H3. The van der Waals surface area contributed by atoms with Gasteiger partial charge in [0.1, 0.15) is 0 Å². The third kappa shape index (κ3) is 4.73. The zero-order chi connectivity index (χ0) is 10.2. The highest BCUT2D eigenvalue weighted by Crippen LogP contribution is 2.26. The van der Waals surface area contributed by atoms with Gasteiger partial charge in [0.15, 0.2) is 0 Å². The molecule has 2 atom stereocenters. The van der Waals surface area contributed by atoms with E-state index in [0.29, 0.717) is 6.54 Å². The summed E-state index contributed by atoms with van der Waals surface area (Å²) in [5.41, 5.74) is 0. The molecule has 82 valence electrons. The highest BCUT2D eigenvalue weighted by Gasteiger charge is 2.13. The topological polar surface area (TPSA) is 29.4 Å². The van der Waals surface area contributed by atoms with Gasteiger partial charge in [-0.25, -0.2) is 0 Å². The number of hydrogen-bond acceptors (Lipinski definition) is 2. The monoisotopic (exact) mass is 197 g/mol. The summed E-state index contributed by atoms with van der Waals surface area (Å²) in [6, 6.07) is 0. The van der Waals surface area contributed by atoms with Gasteiger partial charge in [0.25, 0.3) is 0 Å². The lowest BCUT2D eigenvalue weighted by Gasteiger charge is -2.15. The van der Waals surface area contributed by atoms with Gasteiger partial charge in [-0.2, -0.15) is 4.91 Å². The molecule has 0 heterocycles. The van der Waals surface area contributed by atoms with Crippen molar-refractivity contribution in [1.82, 2.24) is 0 Å². The molecule has 2 heteroatoms. The van der Waals surface area contributed by atoms with Crippen molar-refractivity contribution < 1.29 is 0 Å². The molecule has 0 amide bonds. The maximum absolute atomic E-state index is 10.1. The van der Waals surface area contributed by atoms with Gasteiger partial charge in [0, 0.05) is 0 Å². The molecule has 0 aromatic rings. The van der Waals surface area contributed by atoms with Crippen molar-refractivity contribution >= 4 is 0 Å². The zero-order valence-electron chi connectivity index (χ0n) is 9.37. The van der Waals surface area contributed by atoms with Crippen LogP contribution >= 0.6 is 0 Å². The molecule has 0 bridgehead atoms. The second-order valence-corrected chi connectivity index (χ2v) is 4.83. The Bertz CT molecular complexity index is 158. The molecule has 1 rings (SSSR count). The van der Waals surface area contributed by atoms with Crippen LogP contribution in [0, 0.1) is 16.7 Å². The van der Waals surface area contributed by atoms with Crippen molar-refractivity contribution in [3.63, 3.8) is 0 Å². The van der Waals surface area contributed by atoms with Crippen LogP contribution in [0.1, 0.15) is 58.3 Å². The molecule has 1 saturated carbocycles. The average Bonchev–Trinajstić information content (AvgIpc) is 2.28. The van der Waals surface area contributed by atoms with Gasteiger partial charge in [0.2, 0.25) is 0 Å². The minimum absolute atomic E-state index is 0.527. The fraction of sp³-hybridized carbons (Fsp3) is 1.00. The van der Waals surface area contributed by atoms with E-state index in [0.717, 1.165) is 18.3 Å². The van der Waals surface area contributed by atoms with Crippen LogP contribution in [0.4, 0.5) is 0 Å². The van der Waals surface area contributed by atoms with Crippen molar-refractivity contribution in [2.45, 2.75) is 58.3 Å². The Kier molecular flexibility index (Phi) is 5.81.